The number of fused-ring (bicyclic) bond motifs is 2. The number of amides is 2. The second kappa shape index (κ2) is 14.2. The number of benzene rings is 4. The third-order valence-corrected chi connectivity index (χ3v) is 11.4. The molecule has 0 saturated carbocycles. The smallest absolute Gasteiger partial charge is 0.308 e. The summed E-state index contributed by atoms with van der Waals surface area (Å²) in [5, 5.41) is -0.995. The van der Waals surface area contributed by atoms with Gasteiger partial charge in [0.15, 0.2) is 31.2 Å². The lowest BCUT2D eigenvalue weighted by Crippen LogP contribution is -2.41. The number of halogens is 4. The molecule has 0 spiro atoms. The van der Waals surface area contributed by atoms with Gasteiger partial charge in [0.1, 0.15) is 11.8 Å². The van der Waals surface area contributed by atoms with Crippen molar-refractivity contribution in [3.05, 3.63) is 104 Å². The summed E-state index contributed by atoms with van der Waals surface area (Å²) in [6.07, 6.45) is 0. The van der Waals surface area contributed by atoms with Crippen molar-refractivity contribution in [2.75, 3.05) is 21.6 Å². The molecule has 4 aromatic carbocycles. The van der Waals surface area contributed by atoms with E-state index in [4.69, 9.17) is 55.9 Å². The van der Waals surface area contributed by atoms with Gasteiger partial charge in [-0.1, -0.05) is 70.7 Å². The van der Waals surface area contributed by atoms with Gasteiger partial charge >= 0.3 is 11.9 Å². The number of rotatable bonds is 4. The Hall–Kier alpha value is -4.18. The lowest BCUT2D eigenvalue weighted by Gasteiger charge is -2.30. The van der Waals surface area contributed by atoms with Crippen molar-refractivity contribution in [2.24, 2.45) is 0 Å². The maximum absolute atomic E-state index is 14.2. The maximum atomic E-state index is 14.2. The fraction of sp³-hybridized carbons (Fsp3) is 0.125. The number of sulfone groups is 2. The molecule has 4 aromatic rings. The van der Waals surface area contributed by atoms with Crippen LogP contribution in [0.1, 0.15) is 34.6 Å². The number of esters is 2. The summed E-state index contributed by atoms with van der Waals surface area (Å²) in [6, 6.07) is 14.6. The second-order valence-corrected chi connectivity index (χ2v) is 16.1. The molecule has 5 rings (SSSR count). The highest BCUT2D eigenvalue weighted by molar-refractivity contribution is 7.92. The summed E-state index contributed by atoms with van der Waals surface area (Å²) in [5.41, 5.74) is -1.18. The van der Waals surface area contributed by atoms with Crippen LogP contribution in [0.4, 0.5) is 11.4 Å². The number of hydrogen-bond acceptors (Lipinski definition) is 10. The van der Waals surface area contributed by atoms with Crippen molar-refractivity contribution in [3.63, 3.8) is 0 Å². The zero-order valence-corrected chi connectivity index (χ0v) is 30.3. The topological polar surface area (TPSA) is 162 Å². The fourth-order valence-electron chi connectivity index (χ4n) is 5.00. The lowest BCUT2D eigenvalue weighted by molar-refractivity contribution is -0.132. The Morgan fingerprint density at radius 1 is 0.560 bits per heavy atom. The van der Waals surface area contributed by atoms with Crippen molar-refractivity contribution in [3.8, 4) is 11.5 Å². The molecule has 1 aliphatic rings. The van der Waals surface area contributed by atoms with Gasteiger partial charge < -0.3 is 9.47 Å². The molecule has 0 saturated heterocycles. The second-order valence-electron chi connectivity index (χ2n) is 10.6. The quantitative estimate of drug-likeness (QED) is 0.162. The van der Waals surface area contributed by atoms with E-state index in [1.807, 2.05) is 0 Å². The monoisotopic (exact) mass is 798 g/mol. The summed E-state index contributed by atoms with van der Waals surface area (Å²) in [4.78, 5) is 51.7. The zero-order valence-electron chi connectivity index (χ0n) is 25.6. The largest absolute Gasteiger partial charge is 0.424 e. The van der Waals surface area contributed by atoms with Crippen LogP contribution in [-0.2, 0) is 29.3 Å². The highest BCUT2D eigenvalue weighted by Gasteiger charge is 2.37. The average Bonchev–Trinajstić information content (AvgIpc) is 3.04. The molecule has 1 heterocycles. The third-order valence-electron chi connectivity index (χ3n) is 7.05. The molecule has 0 bridgehead atoms. The van der Waals surface area contributed by atoms with Gasteiger partial charge in [0, 0.05) is 25.0 Å². The number of carbonyl (C=O) groups is 4. The van der Waals surface area contributed by atoms with Crippen LogP contribution in [0.3, 0.4) is 0 Å². The van der Waals surface area contributed by atoms with Crippen LogP contribution in [0.5, 0.6) is 11.5 Å². The molecule has 260 valence electrons. The van der Waals surface area contributed by atoms with Gasteiger partial charge in [0.05, 0.1) is 41.3 Å². The first-order valence-corrected chi connectivity index (χ1v) is 18.8. The molecule has 0 N–H and O–H groups in total. The first-order chi connectivity index (χ1) is 23.4. The number of anilines is 2. The Bertz CT molecular complexity index is 2120. The molecule has 0 aliphatic carbocycles. The summed E-state index contributed by atoms with van der Waals surface area (Å²) in [7, 11) is -9.16. The van der Waals surface area contributed by atoms with Crippen molar-refractivity contribution >= 4 is 101 Å². The Labute approximate surface area is 305 Å². The molecular formula is C32H22Cl4N2O10S2. The third kappa shape index (κ3) is 7.45. The van der Waals surface area contributed by atoms with E-state index in [9.17, 15) is 36.0 Å². The Morgan fingerprint density at radius 2 is 0.860 bits per heavy atom. The zero-order chi connectivity index (χ0) is 36.7. The number of para-hydroxylation sites is 2. The van der Waals surface area contributed by atoms with Crippen LogP contribution < -0.4 is 19.3 Å². The van der Waals surface area contributed by atoms with E-state index in [2.05, 4.69) is 0 Å². The number of hydrogen-bond donors (Lipinski definition) is 0. The van der Waals surface area contributed by atoms with Crippen LogP contribution >= 0.6 is 46.4 Å². The first kappa shape index (κ1) is 37.1. The van der Waals surface area contributed by atoms with Gasteiger partial charge in [0.2, 0.25) is 0 Å². The summed E-state index contributed by atoms with van der Waals surface area (Å²) in [5.74, 6) is -6.21. The highest BCUT2D eigenvalue weighted by Crippen LogP contribution is 2.39. The molecular weight excluding hydrogens is 778 g/mol. The molecule has 0 radical (unpaired) electrons. The first-order valence-electron chi connectivity index (χ1n) is 14.0. The molecule has 50 heavy (non-hydrogen) atoms. The Balaban J connectivity index is 1.69. The van der Waals surface area contributed by atoms with E-state index >= 15 is 0 Å². The van der Waals surface area contributed by atoms with Crippen LogP contribution in [0.25, 0.3) is 0 Å². The van der Waals surface area contributed by atoms with Crippen molar-refractivity contribution < 1.29 is 45.5 Å². The van der Waals surface area contributed by atoms with Gasteiger partial charge in [-0.2, -0.15) is 0 Å². The summed E-state index contributed by atoms with van der Waals surface area (Å²) in [6.45, 7) is 2.22. The van der Waals surface area contributed by atoms with E-state index in [0.717, 1.165) is 60.0 Å². The van der Waals surface area contributed by atoms with Crippen molar-refractivity contribution in [1.82, 2.24) is 0 Å². The molecule has 2 amide bonds. The van der Waals surface area contributed by atoms with Crippen molar-refractivity contribution in [2.45, 2.75) is 23.6 Å². The van der Waals surface area contributed by atoms with Crippen molar-refractivity contribution in [1.29, 1.82) is 0 Å². The van der Waals surface area contributed by atoms with Gasteiger partial charge in [-0.25, -0.2) is 16.8 Å². The maximum Gasteiger partial charge on any atom is 0.308 e. The van der Waals surface area contributed by atoms with E-state index < -0.39 is 65.0 Å². The summed E-state index contributed by atoms with van der Waals surface area (Å²) < 4.78 is 66.9. The van der Waals surface area contributed by atoms with Crippen LogP contribution in [-0.4, -0.2) is 52.3 Å². The SMILES string of the molecule is CC(=O)Oc1c(Cl)cc(C(=O)N2CS(=O)(=O)c3ccccc3N(C(=O)c3cc(Cl)c(OC(C)=O)c(Cl)c3)CS(=O)(=O)c3ccccc32)cc1Cl. The van der Waals surface area contributed by atoms with Crippen LogP contribution in [0.15, 0.2) is 82.6 Å². The van der Waals surface area contributed by atoms with Crippen LogP contribution in [0, 0.1) is 0 Å². The van der Waals surface area contributed by atoms with E-state index in [1.165, 1.54) is 36.4 Å². The van der Waals surface area contributed by atoms with Gasteiger partial charge in [-0.05, 0) is 48.5 Å². The minimum absolute atomic E-state index is 0.240. The molecule has 0 atom stereocenters. The minimum atomic E-state index is -4.58. The number of nitrogens with zero attached hydrogens (tertiary/aromatic N) is 2. The predicted octanol–water partition coefficient (Wildman–Crippen LogP) is 6.62. The molecule has 0 aromatic heterocycles. The summed E-state index contributed by atoms with van der Waals surface area (Å²) >= 11 is 25.0. The molecule has 0 unspecified atom stereocenters. The van der Waals surface area contributed by atoms with Gasteiger partial charge in [0.25, 0.3) is 11.8 Å². The Morgan fingerprint density at radius 3 is 1.16 bits per heavy atom. The molecule has 18 heteroatoms. The number of carbonyl (C=O) groups excluding carboxylic acids is 4. The molecule has 0 fully saturated rings. The number of ether oxygens (including phenoxy) is 2. The molecule has 12 nitrogen and oxygen atoms in total. The van der Waals surface area contributed by atoms with Crippen LogP contribution in [0.2, 0.25) is 20.1 Å². The predicted molar refractivity (Wildman–Crippen MR) is 186 cm³/mol. The van der Waals surface area contributed by atoms with E-state index in [0.29, 0.717) is 0 Å². The average molecular weight is 800 g/mol. The van der Waals surface area contributed by atoms with Gasteiger partial charge in [-0.15, -0.1) is 0 Å². The highest BCUT2D eigenvalue weighted by atomic mass is 35.5. The lowest BCUT2D eigenvalue weighted by atomic mass is 10.1. The molecule has 1 aliphatic heterocycles. The normalized spacial score (nSPS) is 14.9. The Kier molecular flexibility index (Phi) is 10.5. The van der Waals surface area contributed by atoms with Gasteiger partial charge in [-0.3, -0.25) is 29.0 Å². The van der Waals surface area contributed by atoms with E-state index in [-0.39, 0.29) is 54.1 Å². The fourth-order valence-corrected chi connectivity index (χ4v) is 9.17. The minimum Gasteiger partial charge on any atom is -0.424 e. The standard InChI is InChI=1S/C32H22Cl4N2O10S2/c1-17(39)47-29-21(33)11-19(12-22(29)34)31(41)37-15-49(43,44)28-10-6-4-8-26(28)38(16-50(45,46)27-9-5-3-7-25(27)37)32(42)20-13-23(35)30(24(36)14-20)48-18(2)40/h3-14H,15-16H2,1-2H3. The van der Waals surface area contributed by atoms with E-state index in [1.54, 1.807) is 0 Å².